The van der Waals surface area contributed by atoms with Crippen molar-refractivity contribution in [2.45, 2.75) is 4.90 Å². The molecule has 3 aromatic rings. The van der Waals surface area contributed by atoms with Crippen LogP contribution in [-0.4, -0.2) is 27.4 Å². The molecule has 0 aliphatic heterocycles. The molecule has 0 heterocycles. The van der Waals surface area contributed by atoms with E-state index in [-0.39, 0.29) is 28.6 Å². The Balaban J connectivity index is 1.82. The zero-order chi connectivity index (χ0) is 22.6. The fourth-order valence-corrected chi connectivity index (χ4v) is 4.40. The Labute approximate surface area is 194 Å². The molecule has 0 saturated carbocycles. The number of anilines is 1. The van der Waals surface area contributed by atoms with E-state index in [0.717, 1.165) is 0 Å². The van der Waals surface area contributed by atoms with Gasteiger partial charge in [-0.2, -0.15) is 0 Å². The van der Waals surface area contributed by atoms with E-state index in [1.807, 2.05) is 0 Å². The third-order valence-corrected chi connectivity index (χ3v) is 6.57. The van der Waals surface area contributed by atoms with E-state index in [1.54, 1.807) is 0 Å². The molecule has 0 bridgehead atoms. The molecule has 10 heteroatoms. The Morgan fingerprint density at radius 1 is 0.903 bits per heavy atom. The number of halogens is 4. The van der Waals surface area contributed by atoms with Crippen molar-refractivity contribution in [3.8, 4) is 0 Å². The molecule has 0 aliphatic rings. The van der Waals surface area contributed by atoms with Crippen LogP contribution < -0.4 is 9.62 Å². The number of benzene rings is 3. The van der Waals surface area contributed by atoms with Gasteiger partial charge in [0.2, 0.25) is 10.0 Å². The van der Waals surface area contributed by atoms with E-state index in [1.165, 1.54) is 71.6 Å². The number of carbonyl (C=O) groups is 1. The molecule has 1 amide bonds. The molecular weight excluding hydrogens is 486 g/mol. The lowest BCUT2D eigenvalue weighted by Crippen LogP contribution is -2.38. The van der Waals surface area contributed by atoms with Crippen LogP contribution in [0.5, 0.6) is 0 Å². The second-order valence-electron chi connectivity index (χ2n) is 6.41. The van der Waals surface area contributed by atoms with Crippen molar-refractivity contribution in [2.24, 2.45) is 0 Å². The number of rotatable bonds is 7. The Kier molecular flexibility index (Phi) is 7.56. The van der Waals surface area contributed by atoms with Gasteiger partial charge in [-0.15, -0.1) is 0 Å². The predicted octanol–water partition coefficient (Wildman–Crippen LogP) is 5.41. The first-order valence-corrected chi connectivity index (χ1v) is 11.6. The van der Waals surface area contributed by atoms with Crippen molar-refractivity contribution < 1.29 is 17.6 Å². The number of carbonyl (C=O) groups excluding carboxylic acids is 1. The number of hydrogen-bond acceptors (Lipinski definition) is 3. The SMILES string of the molecule is O=C(c1ccc(Cl)cc1Cl)N(CCNS(=O)(=O)c1ccc(Cl)cc1)c1ccc(F)cc1. The van der Waals surface area contributed by atoms with E-state index < -0.39 is 21.7 Å². The molecule has 0 radical (unpaired) electrons. The zero-order valence-electron chi connectivity index (χ0n) is 15.9. The Bertz CT molecular complexity index is 1190. The summed E-state index contributed by atoms with van der Waals surface area (Å²) in [5.74, 6) is -0.955. The number of hydrogen-bond donors (Lipinski definition) is 1. The lowest BCUT2D eigenvalue weighted by atomic mass is 10.1. The summed E-state index contributed by atoms with van der Waals surface area (Å²) in [5, 5.41) is 0.920. The first-order chi connectivity index (χ1) is 14.7. The summed E-state index contributed by atoms with van der Waals surface area (Å²) in [4.78, 5) is 14.5. The number of nitrogens with zero attached hydrogens (tertiary/aromatic N) is 1. The summed E-state index contributed by atoms with van der Waals surface area (Å²) in [7, 11) is -3.82. The Hall–Kier alpha value is -2.16. The van der Waals surface area contributed by atoms with E-state index in [4.69, 9.17) is 34.8 Å². The summed E-state index contributed by atoms with van der Waals surface area (Å²) in [6, 6.07) is 15.4. The second-order valence-corrected chi connectivity index (χ2v) is 9.46. The number of amides is 1. The molecular formula is C21H16Cl3FN2O3S. The Morgan fingerprint density at radius 3 is 2.13 bits per heavy atom. The van der Waals surface area contributed by atoms with E-state index >= 15 is 0 Å². The van der Waals surface area contributed by atoms with Gasteiger partial charge in [0.1, 0.15) is 5.82 Å². The van der Waals surface area contributed by atoms with Gasteiger partial charge in [-0.1, -0.05) is 34.8 Å². The van der Waals surface area contributed by atoms with Crippen LogP contribution in [0.1, 0.15) is 10.4 Å². The van der Waals surface area contributed by atoms with Gasteiger partial charge >= 0.3 is 0 Å². The quantitative estimate of drug-likeness (QED) is 0.471. The fraction of sp³-hybridized carbons (Fsp3) is 0.0952. The van der Waals surface area contributed by atoms with Crippen LogP contribution >= 0.6 is 34.8 Å². The van der Waals surface area contributed by atoms with Crippen molar-refractivity contribution >= 4 is 56.4 Å². The van der Waals surface area contributed by atoms with Gasteiger partial charge in [-0.3, -0.25) is 4.79 Å². The number of sulfonamides is 1. The van der Waals surface area contributed by atoms with E-state index in [0.29, 0.717) is 15.7 Å². The standard InChI is InChI=1S/C21H16Cl3FN2O3S/c22-14-1-8-18(9-2-14)31(29,30)26-11-12-27(17-6-4-16(25)5-7-17)21(28)19-10-3-15(23)13-20(19)24/h1-10,13,26H,11-12H2. The highest BCUT2D eigenvalue weighted by atomic mass is 35.5. The normalized spacial score (nSPS) is 11.4. The molecule has 0 fully saturated rings. The average molecular weight is 502 g/mol. The highest BCUT2D eigenvalue weighted by Crippen LogP contribution is 2.25. The third-order valence-electron chi connectivity index (χ3n) is 4.30. The lowest BCUT2D eigenvalue weighted by molar-refractivity contribution is 0.0987. The van der Waals surface area contributed by atoms with Crippen LogP contribution in [0.3, 0.4) is 0 Å². The summed E-state index contributed by atoms with van der Waals surface area (Å²) in [5.41, 5.74) is 0.555. The maximum atomic E-state index is 13.4. The van der Waals surface area contributed by atoms with Crippen LogP contribution in [0, 0.1) is 5.82 Å². The topological polar surface area (TPSA) is 66.5 Å². The van der Waals surface area contributed by atoms with Crippen LogP contribution in [0.4, 0.5) is 10.1 Å². The van der Waals surface area contributed by atoms with Crippen molar-refractivity contribution in [2.75, 3.05) is 18.0 Å². The lowest BCUT2D eigenvalue weighted by Gasteiger charge is -2.24. The molecule has 0 atom stereocenters. The summed E-state index contributed by atoms with van der Waals surface area (Å²) >= 11 is 17.9. The van der Waals surface area contributed by atoms with Gasteiger partial charge in [0.25, 0.3) is 5.91 Å². The van der Waals surface area contributed by atoms with Crippen molar-refractivity contribution in [1.82, 2.24) is 4.72 Å². The molecule has 0 aliphatic carbocycles. The van der Waals surface area contributed by atoms with E-state index in [9.17, 15) is 17.6 Å². The fourth-order valence-electron chi connectivity index (χ4n) is 2.77. The first-order valence-electron chi connectivity index (χ1n) is 8.95. The van der Waals surface area contributed by atoms with Crippen molar-refractivity contribution in [3.05, 3.63) is 93.2 Å². The number of nitrogens with one attached hydrogen (secondary N) is 1. The zero-order valence-corrected chi connectivity index (χ0v) is 18.9. The molecule has 31 heavy (non-hydrogen) atoms. The molecule has 5 nitrogen and oxygen atoms in total. The Morgan fingerprint density at radius 2 is 1.52 bits per heavy atom. The van der Waals surface area contributed by atoms with Gasteiger partial charge in [-0.25, -0.2) is 17.5 Å². The summed E-state index contributed by atoms with van der Waals surface area (Å²) in [6.07, 6.45) is 0. The minimum Gasteiger partial charge on any atom is -0.307 e. The smallest absolute Gasteiger partial charge is 0.259 e. The monoisotopic (exact) mass is 500 g/mol. The van der Waals surface area contributed by atoms with Crippen molar-refractivity contribution in [1.29, 1.82) is 0 Å². The van der Waals surface area contributed by atoms with Gasteiger partial charge in [0, 0.05) is 28.8 Å². The van der Waals surface area contributed by atoms with Crippen molar-refractivity contribution in [3.63, 3.8) is 0 Å². The van der Waals surface area contributed by atoms with Crippen LogP contribution in [-0.2, 0) is 10.0 Å². The maximum absolute atomic E-state index is 13.4. The largest absolute Gasteiger partial charge is 0.307 e. The first kappa shape index (κ1) is 23.5. The summed E-state index contributed by atoms with van der Waals surface area (Å²) in [6.45, 7) is -0.129. The van der Waals surface area contributed by atoms with Gasteiger partial charge in [-0.05, 0) is 66.7 Å². The minimum atomic E-state index is -3.82. The molecule has 0 aromatic heterocycles. The van der Waals surface area contributed by atoms with Gasteiger partial charge < -0.3 is 4.90 Å². The minimum absolute atomic E-state index is 0.0315. The molecule has 1 N–H and O–H groups in total. The van der Waals surface area contributed by atoms with Crippen LogP contribution in [0.15, 0.2) is 71.6 Å². The molecule has 0 saturated heterocycles. The van der Waals surface area contributed by atoms with E-state index in [2.05, 4.69) is 4.72 Å². The maximum Gasteiger partial charge on any atom is 0.259 e. The van der Waals surface area contributed by atoms with Gasteiger partial charge in [0.05, 0.1) is 15.5 Å². The third kappa shape index (κ3) is 5.96. The summed E-state index contributed by atoms with van der Waals surface area (Å²) < 4.78 is 40.8. The van der Waals surface area contributed by atoms with Crippen LogP contribution in [0.25, 0.3) is 0 Å². The molecule has 3 rings (SSSR count). The molecule has 0 unspecified atom stereocenters. The highest BCUT2D eigenvalue weighted by Gasteiger charge is 2.22. The predicted molar refractivity (Wildman–Crippen MR) is 121 cm³/mol. The molecule has 3 aromatic carbocycles. The van der Waals surface area contributed by atoms with Gasteiger partial charge in [0.15, 0.2) is 0 Å². The highest BCUT2D eigenvalue weighted by molar-refractivity contribution is 7.89. The average Bonchev–Trinajstić information content (AvgIpc) is 2.72. The van der Waals surface area contributed by atoms with Crippen LogP contribution in [0.2, 0.25) is 15.1 Å². The second kappa shape index (κ2) is 9.97. The molecule has 0 spiro atoms. The molecule has 162 valence electrons.